The molecule has 2 aliphatic heterocycles. The number of carbonyl (C=O) groups excluding carboxylic acids is 2. The van der Waals surface area contributed by atoms with Gasteiger partial charge in [-0.2, -0.15) is 5.10 Å². The molecule has 0 aliphatic carbocycles. The summed E-state index contributed by atoms with van der Waals surface area (Å²) in [5.74, 6) is 0.174. The van der Waals surface area contributed by atoms with Crippen LogP contribution in [0, 0.1) is 5.92 Å². The van der Waals surface area contributed by atoms with Crippen molar-refractivity contribution in [1.82, 2.24) is 9.78 Å². The van der Waals surface area contributed by atoms with E-state index in [2.05, 4.69) is 10.4 Å². The topological polar surface area (TPSA) is 111 Å². The molecule has 178 valence electrons. The summed E-state index contributed by atoms with van der Waals surface area (Å²) in [6.07, 6.45) is 0.544. The summed E-state index contributed by atoms with van der Waals surface area (Å²) >= 11 is 0. The molecule has 2 aliphatic rings. The summed E-state index contributed by atoms with van der Waals surface area (Å²) < 4.78 is 31.1. The molecule has 1 aromatic heterocycles. The number of hydrogen-bond donors (Lipinski definition) is 1. The third kappa shape index (κ3) is 4.75. The third-order valence-electron chi connectivity index (χ3n) is 6.18. The number of para-hydroxylation sites is 2. The van der Waals surface area contributed by atoms with E-state index in [1.807, 2.05) is 32.9 Å². The first-order valence-corrected chi connectivity index (χ1v) is 12.9. The minimum atomic E-state index is -3.12. The molecular weight excluding hydrogens is 444 g/mol. The van der Waals surface area contributed by atoms with Gasteiger partial charge in [0.1, 0.15) is 11.6 Å². The highest BCUT2D eigenvalue weighted by molar-refractivity contribution is 7.91. The Morgan fingerprint density at radius 1 is 1.24 bits per heavy atom. The Labute approximate surface area is 194 Å². The van der Waals surface area contributed by atoms with E-state index >= 15 is 0 Å². The van der Waals surface area contributed by atoms with Crippen LogP contribution in [0.25, 0.3) is 0 Å². The number of methoxy groups -OCH3 is 1. The first-order chi connectivity index (χ1) is 15.5. The molecule has 10 heteroatoms. The van der Waals surface area contributed by atoms with E-state index < -0.39 is 15.8 Å². The van der Waals surface area contributed by atoms with Gasteiger partial charge in [-0.15, -0.1) is 0 Å². The van der Waals surface area contributed by atoms with Crippen LogP contribution in [0.2, 0.25) is 0 Å². The normalized spacial score (nSPS) is 22.5. The highest BCUT2D eigenvalue weighted by atomic mass is 32.2. The van der Waals surface area contributed by atoms with Gasteiger partial charge in [0.2, 0.25) is 11.8 Å². The van der Waals surface area contributed by atoms with E-state index in [1.165, 1.54) is 0 Å². The molecule has 0 unspecified atom stereocenters. The molecular formula is C23H30N4O5S. The average molecular weight is 475 g/mol. The monoisotopic (exact) mass is 474 g/mol. The smallest absolute Gasteiger partial charge is 0.230 e. The van der Waals surface area contributed by atoms with Gasteiger partial charge >= 0.3 is 0 Å². The molecule has 2 amide bonds. The lowest BCUT2D eigenvalue weighted by Crippen LogP contribution is -2.29. The van der Waals surface area contributed by atoms with Crippen molar-refractivity contribution >= 4 is 33.2 Å². The van der Waals surface area contributed by atoms with Crippen molar-refractivity contribution in [3.8, 4) is 5.75 Å². The quantitative estimate of drug-likeness (QED) is 0.713. The molecule has 4 rings (SSSR count). The SMILES string of the molecule is COc1ccccc1N1C[C@@H](C(=O)Nc2cc(C(C)(C)C)nn2[C@H]2CCS(=O)(=O)C2)CC1=O. The van der Waals surface area contributed by atoms with Gasteiger partial charge in [-0.25, -0.2) is 13.1 Å². The summed E-state index contributed by atoms with van der Waals surface area (Å²) in [7, 11) is -1.58. The van der Waals surface area contributed by atoms with Crippen LogP contribution in [0.5, 0.6) is 5.75 Å². The highest BCUT2D eigenvalue weighted by Gasteiger charge is 2.38. The lowest BCUT2D eigenvalue weighted by molar-refractivity contribution is -0.122. The van der Waals surface area contributed by atoms with Crippen LogP contribution in [0.4, 0.5) is 11.5 Å². The molecule has 1 N–H and O–H groups in total. The van der Waals surface area contributed by atoms with E-state index in [0.29, 0.717) is 23.7 Å². The number of anilines is 2. The lowest BCUT2D eigenvalue weighted by atomic mass is 9.92. The summed E-state index contributed by atoms with van der Waals surface area (Å²) in [5.41, 5.74) is 1.13. The van der Waals surface area contributed by atoms with Crippen molar-refractivity contribution < 1.29 is 22.7 Å². The van der Waals surface area contributed by atoms with Gasteiger partial charge in [-0.3, -0.25) is 9.59 Å². The zero-order chi connectivity index (χ0) is 24.0. The van der Waals surface area contributed by atoms with E-state index in [4.69, 9.17) is 4.74 Å². The summed E-state index contributed by atoms with van der Waals surface area (Å²) in [4.78, 5) is 27.4. The largest absolute Gasteiger partial charge is 0.495 e. The van der Waals surface area contributed by atoms with Crippen LogP contribution < -0.4 is 15.0 Å². The maximum absolute atomic E-state index is 13.2. The van der Waals surface area contributed by atoms with E-state index in [1.54, 1.807) is 34.9 Å². The van der Waals surface area contributed by atoms with Gasteiger partial charge in [-0.1, -0.05) is 32.9 Å². The Kier molecular flexibility index (Phi) is 5.98. The summed E-state index contributed by atoms with van der Waals surface area (Å²) in [6, 6.07) is 8.69. The number of ether oxygens (including phenoxy) is 1. The molecule has 1 aromatic carbocycles. The molecule has 2 atom stereocenters. The Morgan fingerprint density at radius 3 is 2.61 bits per heavy atom. The van der Waals surface area contributed by atoms with Crippen molar-refractivity contribution in [2.45, 2.75) is 45.1 Å². The molecule has 0 saturated carbocycles. The number of aromatic nitrogens is 2. The van der Waals surface area contributed by atoms with Gasteiger partial charge in [0.25, 0.3) is 0 Å². The minimum Gasteiger partial charge on any atom is -0.495 e. The van der Waals surface area contributed by atoms with Gasteiger partial charge in [0.05, 0.1) is 42.0 Å². The Morgan fingerprint density at radius 2 is 1.97 bits per heavy atom. The predicted molar refractivity (Wildman–Crippen MR) is 125 cm³/mol. The van der Waals surface area contributed by atoms with Crippen molar-refractivity contribution in [2.75, 3.05) is 35.4 Å². The van der Waals surface area contributed by atoms with Gasteiger partial charge in [0.15, 0.2) is 9.84 Å². The van der Waals surface area contributed by atoms with Crippen LogP contribution in [-0.4, -0.2) is 55.2 Å². The van der Waals surface area contributed by atoms with E-state index in [0.717, 1.165) is 5.69 Å². The standard InChI is InChI=1S/C23H30N4O5S/c1-23(2,3)19-12-20(27(25-19)16-9-10-33(30,31)14-16)24-22(29)15-11-21(28)26(13-15)17-7-5-6-8-18(17)32-4/h5-8,12,15-16H,9-11,13-14H2,1-4H3,(H,24,29)/t15-,16-/m0/s1. The van der Waals surface area contributed by atoms with E-state index in [-0.39, 0.29) is 47.7 Å². The molecule has 2 saturated heterocycles. The molecule has 0 spiro atoms. The molecule has 0 radical (unpaired) electrons. The summed E-state index contributed by atoms with van der Waals surface area (Å²) in [6.45, 7) is 6.27. The van der Waals surface area contributed by atoms with Crippen LogP contribution in [0.15, 0.2) is 30.3 Å². The number of nitrogens with zero attached hydrogens (tertiary/aromatic N) is 3. The fraction of sp³-hybridized carbons (Fsp3) is 0.522. The van der Waals surface area contributed by atoms with Crippen molar-refractivity contribution in [1.29, 1.82) is 0 Å². The van der Waals surface area contributed by atoms with Crippen molar-refractivity contribution in [2.24, 2.45) is 5.92 Å². The van der Waals surface area contributed by atoms with Crippen LogP contribution >= 0.6 is 0 Å². The zero-order valence-corrected chi connectivity index (χ0v) is 20.2. The number of carbonyl (C=O) groups is 2. The molecule has 3 heterocycles. The van der Waals surface area contributed by atoms with Gasteiger partial charge < -0.3 is 15.0 Å². The molecule has 2 fully saturated rings. The van der Waals surface area contributed by atoms with Crippen molar-refractivity contribution in [3.63, 3.8) is 0 Å². The number of sulfone groups is 1. The average Bonchev–Trinajstić information content (AvgIpc) is 3.44. The number of nitrogens with one attached hydrogen (secondary N) is 1. The summed E-state index contributed by atoms with van der Waals surface area (Å²) in [5, 5.41) is 7.58. The fourth-order valence-corrected chi connectivity index (χ4v) is 5.99. The predicted octanol–water partition coefficient (Wildman–Crippen LogP) is 2.54. The maximum Gasteiger partial charge on any atom is 0.230 e. The maximum atomic E-state index is 13.2. The second kappa shape index (κ2) is 8.48. The molecule has 33 heavy (non-hydrogen) atoms. The Bertz CT molecular complexity index is 1180. The zero-order valence-electron chi connectivity index (χ0n) is 19.4. The third-order valence-corrected chi connectivity index (χ3v) is 7.93. The van der Waals surface area contributed by atoms with Crippen LogP contribution in [0.3, 0.4) is 0 Å². The second-order valence-corrected chi connectivity index (χ2v) is 12.0. The number of rotatable bonds is 5. The van der Waals surface area contributed by atoms with Crippen LogP contribution in [-0.2, 0) is 24.8 Å². The Balaban J connectivity index is 1.56. The lowest BCUT2D eigenvalue weighted by Gasteiger charge is -2.19. The van der Waals surface area contributed by atoms with Crippen molar-refractivity contribution in [3.05, 3.63) is 36.0 Å². The highest BCUT2D eigenvalue weighted by Crippen LogP contribution is 2.34. The Hall–Kier alpha value is -2.88. The number of amides is 2. The second-order valence-electron chi connectivity index (χ2n) is 9.73. The molecule has 2 aromatic rings. The van der Waals surface area contributed by atoms with Crippen LogP contribution in [0.1, 0.15) is 45.3 Å². The van der Waals surface area contributed by atoms with Gasteiger partial charge in [0, 0.05) is 24.4 Å². The number of benzene rings is 1. The first kappa shape index (κ1) is 23.3. The minimum absolute atomic E-state index is 0.00459. The van der Waals surface area contributed by atoms with E-state index in [9.17, 15) is 18.0 Å². The molecule has 0 bridgehead atoms. The molecule has 9 nitrogen and oxygen atoms in total. The fourth-order valence-electron chi connectivity index (χ4n) is 4.30. The van der Waals surface area contributed by atoms with Gasteiger partial charge in [-0.05, 0) is 18.6 Å². The number of hydrogen-bond acceptors (Lipinski definition) is 6. The first-order valence-electron chi connectivity index (χ1n) is 11.0.